The zero-order valence-corrected chi connectivity index (χ0v) is 14.0. The number of rotatable bonds is 3. The predicted molar refractivity (Wildman–Crippen MR) is 89.1 cm³/mol. The van der Waals surface area contributed by atoms with Crippen LogP contribution in [0.5, 0.6) is 0 Å². The average molecular weight is 370 g/mol. The van der Waals surface area contributed by atoms with Crippen molar-refractivity contribution in [1.82, 2.24) is 4.90 Å². The van der Waals surface area contributed by atoms with E-state index in [0.29, 0.717) is 0 Å². The summed E-state index contributed by atoms with van der Waals surface area (Å²) in [5.41, 5.74) is 5.94. The number of amides is 1. The monoisotopic (exact) mass is 370 g/mol. The van der Waals surface area contributed by atoms with Crippen LogP contribution in [0.25, 0.3) is 0 Å². The van der Waals surface area contributed by atoms with Gasteiger partial charge in [0.1, 0.15) is 16.9 Å². The van der Waals surface area contributed by atoms with Crippen molar-refractivity contribution in [2.24, 2.45) is 5.73 Å². The van der Waals surface area contributed by atoms with E-state index in [1.54, 1.807) is 6.07 Å². The van der Waals surface area contributed by atoms with Crippen LogP contribution in [0.4, 0.5) is 4.39 Å². The number of benzene rings is 1. The molecule has 0 spiro atoms. The Kier molecular flexibility index (Phi) is 4.41. The molecule has 0 saturated carbocycles. The summed E-state index contributed by atoms with van der Waals surface area (Å²) in [5, 5.41) is 27.3. The number of nitrogens with two attached hydrogens (primary N) is 1. The first kappa shape index (κ1) is 17.5. The predicted octanol–water partition coefficient (Wildman–Crippen LogP) is 1.77. The molecule has 0 aromatic heterocycles. The normalized spacial score (nSPS) is 22.1. The number of carboxylic acids is 1. The Balaban J connectivity index is 2.21. The number of fused-ring (bicyclic) bond motifs is 1. The molecule has 3 N–H and O–H groups in total. The molecule has 26 heavy (non-hydrogen) atoms. The average Bonchev–Trinajstić information content (AvgIpc) is 2.91. The lowest BCUT2D eigenvalue weighted by Crippen LogP contribution is -2.37. The van der Waals surface area contributed by atoms with Crippen molar-refractivity contribution >= 4 is 23.6 Å². The van der Waals surface area contributed by atoms with Crippen LogP contribution in [0.1, 0.15) is 17.9 Å². The number of thioether (sulfide) groups is 1. The Morgan fingerprint density at radius 3 is 2.54 bits per heavy atom. The van der Waals surface area contributed by atoms with E-state index < -0.39 is 35.3 Å². The van der Waals surface area contributed by atoms with Crippen molar-refractivity contribution in [1.29, 1.82) is 10.5 Å². The maximum Gasteiger partial charge on any atom is 0.305 e. The first-order valence-electron chi connectivity index (χ1n) is 7.41. The molecular weight excluding hydrogens is 359 g/mol. The number of carbonyl (C=O) groups excluding carboxylic acids is 1. The molecule has 130 valence electrons. The highest BCUT2D eigenvalue weighted by Gasteiger charge is 2.47. The van der Waals surface area contributed by atoms with Gasteiger partial charge in [-0.05, 0) is 6.07 Å². The Morgan fingerprint density at radius 1 is 1.31 bits per heavy atom. The highest BCUT2D eigenvalue weighted by atomic mass is 32.2. The molecular formula is C17H11FN4O3S. The van der Waals surface area contributed by atoms with E-state index in [1.165, 1.54) is 18.2 Å². The fourth-order valence-corrected chi connectivity index (χ4v) is 4.26. The van der Waals surface area contributed by atoms with Crippen LogP contribution in [0.15, 0.2) is 46.3 Å². The maximum absolute atomic E-state index is 14.3. The molecule has 9 heteroatoms. The van der Waals surface area contributed by atoms with Gasteiger partial charge in [-0.2, -0.15) is 10.5 Å². The molecule has 7 nitrogen and oxygen atoms in total. The second-order valence-electron chi connectivity index (χ2n) is 5.57. The lowest BCUT2D eigenvalue weighted by Gasteiger charge is -2.30. The van der Waals surface area contributed by atoms with Gasteiger partial charge in [-0.3, -0.25) is 14.5 Å². The molecule has 1 aromatic rings. The number of carbonyl (C=O) groups is 2. The summed E-state index contributed by atoms with van der Waals surface area (Å²) in [5.74, 6) is -3.67. The minimum Gasteiger partial charge on any atom is -0.481 e. The standard InChI is InChI=1S/C17H11FN4O3S/c18-11-4-2-1-3-8(11)14-9(6-19)15(21)22-16(25)12(5-13(23)24)26-17(22)10(14)7-20/h1-4,12,14H,5,21H2,(H,23,24). The zero-order valence-electron chi connectivity index (χ0n) is 13.1. The van der Waals surface area contributed by atoms with Crippen molar-refractivity contribution in [3.05, 3.63) is 57.6 Å². The lowest BCUT2D eigenvalue weighted by molar-refractivity contribution is -0.139. The highest BCUT2D eigenvalue weighted by Crippen LogP contribution is 2.49. The number of nitrogens with zero attached hydrogens (tertiary/aromatic N) is 3. The molecule has 1 fully saturated rings. The van der Waals surface area contributed by atoms with Crippen molar-refractivity contribution in [3.8, 4) is 12.1 Å². The van der Waals surface area contributed by atoms with E-state index >= 15 is 0 Å². The SMILES string of the molecule is N#CC1=C(N)N2C(=O)C(CC(=O)O)SC2=C(C#N)C1c1ccccc1F. The number of halogens is 1. The van der Waals surface area contributed by atoms with Gasteiger partial charge in [0.15, 0.2) is 0 Å². The minimum absolute atomic E-state index is 0.00733. The van der Waals surface area contributed by atoms with E-state index in [0.717, 1.165) is 16.7 Å². The topological polar surface area (TPSA) is 131 Å². The van der Waals surface area contributed by atoms with Gasteiger partial charge in [-0.25, -0.2) is 4.39 Å². The van der Waals surface area contributed by atoms with Crippen LogP contribution in [-0.4, -0.2) is 27.1 Å². The summed E-state index contributed by atoms with van der Waals surface area (Å²) in [6, 6.07) is 9.49. The molecule has 0 aliphatic carbocycles. The summed E-state index contributed by atoms with van der Waals surface area (Å²) in [4.78, 5) is 24.5. The largest absolute Gasteiger partial charge is 0.481 e. The van der Waals surface area contributed by atoms with Gasteiger partial charge < -0.3 is 10.8 Å². The smallest absolute Gasteiger partial charge is 0.305 e. The summed E-state index contributed by atoms with van der Waals surface area (Å²) in [6.07, 6.45) is -0.457. The van der Waals surface area contributed by atoms with Crippen LogP contribution < -0.4 is 5.73 Å². The third kappa shape index (κ3) is 2.59. The Labute approximate surface area is 151 Å². The fourth-order valence-electron chi connectivity index (χ4n) is 2.97. The third-order valence-corrected chi connectivity index (χ3v) is 5.37. The van der Waals surface area contributed by atoms with Crippen molar-refractivity contribution in [2.75, 3.05) is 0 Å². The molecule has 2 unspecified atom stereocenters. The Morgan fingerprint density at radius 2 is 1.96 bits per heavy atom. The van der Waals surface area contributed by atoms with Gasteiger partial charge in [0.2, 0.25) is 5.91 Å². The number of hydrogen-bond donors (Lipinski definition) is 2. The van der Waals surface area contributed by atoms with E-state index in [4.69, 9.17) is 10.8 Å². The number of nitriles is 2. The van der Waals surface area contributed by atoms with E-state index in [9.17, 15) is 24.5 Å². The van der Waals surface area contributed by atoms with Crippen LogP contribution in [0.3, 0.4) is 0 Å². The van der Waals surface area contributed by atoms with Crippen LogP contribution in [0, 0.1) is 28.5 Å². The first-order valence-corrected chi connectivity index (χ1v) is 8.29. The highest BCUT2D eigenvalue weighted by molar-refractivity contribution is 8.04. The second kappa shape index (κ2) is 6.54. The molecule has 0 bridgehead atoms. The fraction of sp³-hybridized carbons (Fsp3) is 0.176. The van der Waals surface area contributed by atoms with Crippen LogP contribution in [-0.2, 0) is 9.59 Å². The molecule has 1 aromatic carbocycles. The molecule has 2 atom stereocenters. The van der Waals surface area contributed by atoms with Gasteiger partial charge in [-0.1, -0.05) is 30.0 Å². The molecule has 3 rings (SSSR count). The number of aliphatic carboxylic acids is 1. The maximum atomic E-state index is 14.3. The summed E-state index contributed by atoms with van der Waals surface area (Å²) in [6.45, 7) is 0. The quantitative estimate of drug-likeness (QED) is 0.829. The van der Waals surface area contributed by atoms with Crippen molar-refractivity contribution in [3.63, 3.8) is 0 Å². The molecule has 2 heterocycles. The van der Waals surface area contributed by atoms with E-state index in [2.05, 4.69) is 0 Å². The number of hydrogen-bond acceptors (Lipinski definition) is 6. The third-order valence-electron chi connectivity index (χ3n) is 4.09. The summed E-state index contributed by atoms with van der Waals surface area (Å²) in [7, 11) is 0. The van der Waals surface area contributed by atoms with Gasteiger partial charge in [0.25, 0.3) is 0 Å². The lowest BCUT2D eigenvalue weighted by atomic mass is 9.83. The van der Waals surface area contributed by atoms with E-state index in [1.807, 2.05) is 12.1 Å². The minimum atomic E-state index is -1.18. The summed E-state index contributed by atoms with van der Waals surface area (Å²) >= 11 is 0.891. The zero-order chi connectivity index (χ0) is 19.0. The Hall–Kier alpha value is -3.30. The number of allylic oxidation sites excluding steroid dienone is 2. The van der Waals surface area contributed by atoms with E-state index in [-0.39, 0.29) is 27.6 Å². The second-order valence-corrected chi connectivity index (χ2v) is 6.77. The Bertz CT molecular complexity index is 973. The molecule has 1 amide bonds. The molecule has 2 aliphatic rings. The van der Waals surface area contributed by atoms with Crippen molar-refractivity contribution in [2.45, 2.75) is 17.6 Å². The molecule has 1 saturated heterocycles. The number of carboxylic acid groups (broad SMARTS) is 1. The van der Waals surface area contributed by atoms with Gasteiger partial charge in [-0.15, -0.1) is 0 Å². The van der Waals surface area contributed by atoms with Gasteiger partial charge in [0.05, 0.1) is 40.7 Å². The summed E-state index contributed by atoms with van der Waals surface area (Å²) < 4.78 is 14.3. The van der Waals surface area contributed by atoms with Gasteiger partial charge in [0, 0.05) is 5.56 Å². The van der Waals surface area contributed by atoms with Crippen LogP contribution in [0.2, 0.25) is 0 Å². The first-order chi connectivity index (χ1) is 12.4. The molecule has 2 aliphatic heterocycles. The van der Waals surface area contributed by atoms with Crippen LogP contribution >= 0.6 is 11.8 Å². The van der Waals surface area contributed by atoms with Crippen molar-refractivity contribution < 1.29 is 19.1 Å². The molecule has 0 radical (unpaired) electrons. The van der Waals surface area contributed by atoms with Gasteiger partial charge >= 0.3 is 5.97 Å².